The molecule has 3 N–H and O–H groups in total. The number of carboxylic acid groups (broad SMARTS) is 1. The zero-order chi connectivity index (χ0) is 22.3. The molecule has 0 heterocycles. The van der Waals surface area contributed by atoms with E-state index in [2.05, 4.69) is 24.4 Å². The molecule has 0 fully saturated rings. The molecule has 0 aliphatic heterocycles. The molecule has 31 heavy (non-hydrogen) atoms. The molecule has 0 aromatic heterocycles. The first-order chi connectivity index (χ1) is 14.6. The van der Waals surface area contributed by atoms with Gasteiger partial charge in [0.1, 0.15) is 0 Å². The molecule has 1 amide bonds. The molecule has 0 aliphatic carbocycles. The third kappa shape index (κ3) is 24.1. The summed E-state index contributed by atoms with van der Waals surface area (Å²) in [5, 5.41) is 20.5. The first-order valence-corrected chi connectivity index (χ1v) is 12.1. The van der Waals surface area contributed by atoms with Crippen LogP contribution in [0, 0.1) is 0 Å². The van der Waals surface area contributed by atoms with E-state index in [4.69, 9.17) is 10.2 Å². The van der Waals surface area contributed by atoms with Crippen molar-refractivity contribution in [2.24, 2.45) is 0 Å². The van der Waals surface area contributed by atoms with E-state index < -0.39 is 5.97 Å². The third-order valence-corrected chi connectivity index (χ3v) is 5.21. The molecule has 6 nitrogen and oxygen atoms in total. The molecule has 0 bridgehead atoms. The van der Waals surface area contributed by atoms with Gasteiger partial charge in [0.05, 0.1) is 13.2 Å². The van der Waals surface area contributed by atoms with Gasteiger partial charge >= 0.3 is 35.5 Å². The molecule has 0 rings (SSSR count). The third-order valence-electron chi connectivity index (χ3n) is 5.21. The van der Waals surface area contributed by atoms with Crippen molar-refractivity contribution in [1.29, 1.82) is 0 Å². The summed E-state index contributed by atoms with van der Waals surface area (Å²) in [6, 6.07) is 0. The topological polar surface area (TPSA) is 89.9 Å². The van der Waals surface area contributed by atoms with Crippen LogP contribution in [-0.2, 0) is 9.59 Å². The van der Waals surface area contributed by atoms with Crippen LogP contribution < -0.4 is 5.32 Å². The molecule has 0 aromatic carbocycles. The number of nitrogens with one attached hydrogen (secondary N) is 1. The van der Waals surface area contributed by atoms with E-state index in [9.17, 15) is 9.59 Å². The van der Waals surface area contributed by atoms with Crippen molar-refractivity contribution in [1.82, 2.24) is 10.2 Å². The number of carboxylic acids is 1. The summed E-state index contributed by atoms with van der Waals surface area (Å²) in [7, 11) is 0. The number of nitrogens with zero attached hydrogens (tertiary/aromatic N) is 1. The molecule has 0 atom stereocenters. The van der Waals surface area contributed by atoms with Crippen molar-refractivity contribution in [3.8, 4) is 0 Å². The molecule has 178 valence electrons. The zero-order valence-corrected chi connectivity index (χ0v) is 19.2. The molecule has 0 saturated carbocycles. The fourth-order valence-corrected chi connectivity index (χ4v) is 3.40. The molecular formula is C24H47N2NaO4. The van der Waals surface area contributed by atoms with Crippen LogP contribution >= 0.6 is 0 Å². The summed E-state index contributed by atoms with van der Waals surface area (Å²) in [6.45, 7) is 3.22. The SMILES string of the molecule is CCCCCCCC/C=C\CCCCCCCC(=O)N(CCO)CCNCC(=O)O.[NaH]. The number of amides is 1. The van der Waals surface area contributed by atoms with Crippen LogP contribution in [0.2, 0.25) is 0 Å². The van der Waals surface area contributed by atoms with Crippen LogP contribution in [0.4, 0.5) is 0 Å². The van der Waals surface area contributed by atoms with Crippen LogP contribution in [0.15, 0.2) is 12.2 Å². The molecular weight excluding hydrogens is 403 g/mol. The van der Waals surface area contributed by atoms with E-state index >= 15 is 0 Å². The number of hydrogen-bond acceptors (Lipinski definition) is 4. The number of rotatable bonds is 22. The number of carbonyl (C=O) groups excluding carboxylic acids is 1. The van der Waals surface area contributed by atoms with E-state index in [0.717, 1.165) is 25.7 Å². The van der Waals surface area contributed by atoms with E-state index in [0.29, 0.717) is 26.1 Å². The minimum absolute atomic E-state index is 0. The Kier molecular flexibility index (Phi) is 27.3. The Hall–Kier alpha value is -0.400. The zero-order valence-electron chi connectivity index (χ0n) is 19.2. The second kappa shape index (κ2) is 25.9. The predicted octanol–water partition coefficient (Wildman–Crippen LogP) is 3.87. The number of hydrogen-bond donors (Lipinski definition) is 3. The van der Waals surface area contributed by atoms with Crippen LogP contribution in [0.25, 0.3) is 0 Å². The molecule has 0 radical (unpaired) electrons. The minimum atomic E-state index is -0.914. The van der Waals surface area contributed by atoms with Crippen LogP contribution in [0.5, 0.6) is 0 Å². The normalized spacial score (nSPS) is 10.9. The summed E-state index contributed by atoms with van der Waals surface area (Å²) >= 11 is 0. The quantitative estimate of drug-likeness (QED) is 0.132. The Bertz CT molecular complexity index is 447. The van der Waals surface area contributed by atoms with Crippen molar-refractivity contribution in [2.45, 2.75) is 96.8 Å². The Labute approximate surface area is 212 Å². The van der Waals surface area contributed by atoms with Crippen molar-refractivity contribution >= 4 is 41.4 Å². The second-order valence-electron chi connectivity index (χ2n) is 8.01. The van der Waals surface area contributed by atoms with E-state index in [1.807, 2.05) is 0 Å². The standard InChI is InChI=1S/C24H46N2O4.Na.H/c1-2-3-4-5-6-7-8-9-10-11-12-13-14-15-16-17-23(28)26(20-21-27)19-18-25-22-24(29)30;;/h9-10,25,27H,2-8,11-22H2,1H3,(H,29,30);;/b10-9-;;. The summed E-state index contributed by atoms with van der Waals surface area (Å²) in [6.07, 6.45) is 21.1. The molecule has 0 unspecified atom stereocenters. The fraction of sp³-hybridized carbons (Fsp3) is 0.833. The Morgan fingerprint density at radius 2 is 1.39 bits per heavy atom. The number of aliphatic hydroxyl groups is 1. The summed E-state index contributed by atoms with van der Waals surface area (Å²) < 4.78 is 0. The summed E-state index contributed by atoms with van der Waals surface area (Å²) in [4.78, 5) is 24.4. The number of aliphatic hydroxyl groups excluding tert-OH is 1. The van der Waals surface area contributed by atoms with Gasteiger partial charge in [-0.15, -0.1) is 0 Å². The van der Waals surface area contributed by atoms with Gasteiger partial charge < -0.3 is 20.4 Å². The Balaban J connectivity index is 0. The first kappa shape index (κ1) is 32.8. The van der Waals surface area contributed by atoms with Crippen molar-refractivity contribution in [3.05, 3.63) is 12.2 Å². The molecule has 0 spiro atoms. The average molecular weight is 451 g/mol. The van der Waals surface area contributed by atoms with Gasteiger partial charge in [-0.05, 0) is 32.1 Å². The fourth-order valence-electron chi connectivity index (χ4n) is 3.40. The number of unbranched alkanes of at least 4 members (excludes halogenated alkanes) is 11. The Morgan fingerprint density at radius 1 is 0.839 bits per heavy atom. The maximum absolute atomic E-state index is 12.3. The monoisotopic (exact) mass is 450 g/mol. The summed E-state index contributed by atoms with van der Waals surface area (Å²) in [5.74, 6) is -0.873. The van der Waals surface area contributed by atoms with Gasteiger partial charge in [-0.2, -0.15) is 0 Å². The van der Waals surface area contributed by atoms with Crippen LogP contribution in [-0.4, -0.2) is 89.3 Å². The van der Waals surface area contributed by atoms with Gasteiger partial charge in [0.15, 0.2) is 0 Å². The average Bonchev–Trinajstić information content (AvgIpc) is 2.72. The number of allylic oxidation sites excluding steroid dienone is 2. The molecule has 0 aromatic rings. The van der Waals surface area contributed by atoms with Gasteiger partial charge in [0.25, 0.3) is 0 Å². The van der Waals surface area contributed by atoms with Crippen LogP contribution in [0.3, 0.4) is 0 Å². The molecule has 7 heteroatoms. The molecule has 0 aliphatic rings. The van der Waals surface area contributed by atoms with Gasteiger partial charge in [-0.3, -0.25) is 9.59 Å². The van der Waals surface area contributed by atoms with Crippen LogP contribution in [0.1, 0.15) is 96.8 Å². The second-order valence-corrected chi connectivity index (χ2v) is 8.01. The number of carbonyl (C=O) groups is 2. The van der Waals surface area contributed by atoms with Crippen molar-refractivity contribution < 1.29 is 19.8 Å². The van der Waals surface area contributed by atoms with E-state index in [1.165, 1.54) is 57.8 Å². The van der Waals surface area contributed by atoms with Gasteiger partial charge in [-0.1, -0.05) is 70.4 Å². The predicted molar refractivity (Wildman–Crippen MR) is 131 cm³/mol. The first-order valence-electron chi connectivity index (χ1n) is 12.1. The number of aliphatic carboxylic acids is 1. The molecule has 0 saturated heterocycles. The van der Waals surface area contributed by atoms with E-state index in [-0.39, 0.29) is 48.6 Å². The van der Waals surface area contributed by atoms with Crippen molar-refractivity contribution in [2.75, 3.05) is 32.8 Å². The Morgan fingerprint density at radius 3 is 1.94 bits per heavy atom. The van der Waals surface area contributed by atoms with Gasteiger partial charge in [0, 0.05) is 26.1 Å². The summed E-state index contributed by atoms with van der Waals surface area (Å²) in [5.41, 5.74) is 0. The van der Waals surface area contributed by atoms with Gasteiger partial charge in [-0.25, -0.2) is 0 Å². The van der Waals surface area contributed by atoms with E-state index in [1.54, 1.807) is 4.90 Å². The van der Waals surface area contributed by atoms with Crippen molar-refractivity contribution in [3.63, 3.8) is 0 Å². The maximum atomic E-state index is 12.3. The van der Waals surface area contributed by atoms with Gasteiger partial charge in [0.2, 0.25) is 5.91 Å².